The van der Waals surface area contributed by atoms with Crippen molar-refractivity contribution in [2.45, 2.75) is 0 Å². The van der Waals surface area contributed by atoms with Crippen LogP contribution in [0.1, 0.15) is 0 Å². The predicted octanol–water partition coefficient (Wildman–Crippen LogP) is -0.544. The third-order valence-corrected chi connectivity index (χ3v) is 0.942. The van der Waals surface area contributed by atoms with E-state index in [4.69, 9.17) is 14.7 Å². The molecule has 0 aromatic rings. The van der Waals surface area contributed by atoms with Crippen molar-refractivity contribution in [1.82, 2.24) is 0 Å². The predicted molar refractivity (Wildman–Crippen MR) is 43.8 cm³/mol. The van der Waals surface area contributed by atoms with Gasteiger partial charge in [-0.2, -0.15) is 4.65 Å². The number of nitrogens with zero attached hydrogens (tertiary/aromatic N) is 1. The normalized spacial score (nSPS) is 11.0. The van der Waals surface area contributed by atoms with E-state index < -0.39 is 0 Å². The zero-order chi connectivity index (χ0) is 8.74. The Morgan fingerprint density at radius 3 is 2.08 bits per heavy atom. The summed E-state index contributed by atoms with van der Waals surface area (Å²) in [5.74, 6) is 0. The fraction of sp³-hybridized carbons (Fsp3) is 1.00. The van der Waals surface area contributed by atoms with E-state index in [0.717, 1.165) is 0 Å². The smallest absolute Gasteiger partial charge is 0.129 e. The average molecular weight is 181 g/mol. The standard InChI is InChI=1S/C7H18NO3.H2O/c1-8(2,3)11-7-6-10-5-4-9;/h9H,4-7H2,1-3H3;1H2/q+1;/p-1. The first-order valence-corrected chi connectivity index (χ1v) is 3.71. The lowest BCUT2D eigenvalue weighted by molar-refractivity contribution is -1.06. The van der Waals surface area contributed by atoms with E-state index in [-0.39, 0.29) is 12.1 Å². The SMILES string of the molecule is C[N+](C)(C)OCCOCCO.[OH-]. The van der Waals surface area contributed by atoms with Gasteiger partial charge in [-0.1, -0.05) is 0 Å². The van der Waals surface area contributed by atoms with Crippen molar-refractivity contribution in [1.29, 1.82) is 0 Å². The fourth-order valence-corrected chi connectivity index (χ4v) is 0.537. The molecule has 5 nitrogen and oxygen atoms in total. The van der Waals surface area contributed by atoms with Crippen LogP contribution in [0.25, 0.3) is 0 Å². The van der Waals surface area contributed by atoms with Gasteiger partial charge in [-0.15, -0.1) is 0 Å². The minimum atomic E-state index is 0. The molecule has 0 aliphatic carbocycles. The van der Waals surface area contributed by atoms with Crippen LogP contribution in [0, 0.1) is 0 Å². The summed E-state index contributed by atoms with van der Waals surface area (Å²) in [4.78, 5) is 5.31. The summed E-state index contributed by atoms with van der Waals surface area (Å²) < 4.78 is 5.47. The maximum absolute atomic E-state index is 8.36. The van der Waals surface area contributed by atoms with Crippen molar-refractivity contribution in [2.75, 3.05) is 47.6 Å². The number of aliphatic hydroxyl groups excluding tert-OH is 1. The Bertz CT molecular complexity index is 91.9. The van der Waals surface area contributed by atoms with Crippen LogP contribution in [-0.4, -0.2) is 62.8 Å². The maximum Gasteiger partial charge on any atom is 0.129 e. The molecule has 0 bridgehead atoms. The minimum Gasteiger partial charge on any atom is -0.870 e. The second-order valence-electron chi connectivity index (χ2n) is 3.06. The van der Waals surface area contributed by atoms with Crippen molar-refractivity contribution in [3.63, 3.8) is 0 Å². The van der Waals surface area contributed by atoms with Gasteiger partial charge >= 0.3 is 0 Å². The van der Waals surface area contributed by atoms with Crippen molar-refractivity contribution in [3.05, 3.63) is 0 Å². The molecule has 0 radical (unpaired) electrons. The Morgan fingerprint density at radius 1 is 1.08 bits per heavy atom. The Balaban J connectivity index is 0. The molecule has 0 fully saturated rings. The van der Waals surface area contributed by atoms with Gasteiger partial charge in [-0.25, -0.2) is 4.84 Å². The van der Waals surface area contributed by atoms with Crippen LogP contribution in [0.5, 0.6) is 0 Å². The molecule has 0 aromatic heterocycles. The van der Waals surface area contributed by atoms with Crippen molar-refractivity contribution in [2.24, 2.45) is 0 Å². The first kappa shape index (κ1) is 14.3. The molecule has 5 heteroatoms. The summed E-state index contributed by atoms with van der Waals surface area (Å²) in [6.07, 6.45) is 0. The van der Waals surface area contributed by atoms with E-state index in [0.29, 0.717) is 24.5 Å². The van der Waals surface area contributed by atoms with Gasteiger partial charge in [0.1, 0.15) is 6.61 Å². The summed E-state index contributed by atoms with van der Waals surface area (Å²) >= 11 is 0. The van der Waals surface area contributed by atoms with Gasteiger partial charge in [0.15, 0.2) is 0 Å². The molecule has 2 N–H and O–H groups in total. The van der Waals surface area contributed by atoms with E-state index >= 15 is 0 Å². The number of quaternary nitrogens is 1. The molecule has 0 unspecified atom stereocenters. The zero-order valence-electron chi connectivity index (χ0n) is 7.99. The highest BCUT2D eigenvalue weighted by molar-refractivity contribution is 4.25. The van der Waals surface area contributed by atoms with E-state index in [2.05, 4.69) is 0 Å². The van der Waals surface area contributed by atoms with Gasteiger partial charge < -0.3 is 15.3 Å². The third kappa shape index (κ3) is 12.5. The van der Waals surface area contributed by atoms with Crippen LogP contribution >= 0.6 is 0 Å². The molecular formula is C7H19NO4. The molecule has 0 atom stereocenters. The first-order chi connectivity index (χ1) is 5.06. The number of ether oxygens (including phenoxy) is 1. The molecule has 0 rings (SSSR count). The minimum absolute atomic E-state index is 0. The summed E-state index contributed by atoms with van der Waals surface area (Å²) in [6, 6.07) is 0. The van der Waals surface area contributed by atoms with E-state index in [9.17, 15) is 0 Å². The topological polar surface area (TPSA) is 68.7 Å². The van der Waals surface area contributed by atoms with Crippen LogP contribution in [0.15, 0.2) is 0 Å². The lowest BCUT2D eigenvalue weighted by atomic mass is 10.7. The Hall–Kier alpha value is -0.200. The van der Waals surface area contributed by atoms with Gasteiger partial charge in [0.05, 0.1) is 41.0 Å². The highest BCUT2D eigenvalue weighted by Gasteiger charge is 2.06. The molecule has 0 saturated carbocycles. The molecule has 76 valence electrons. The quantitative estimate of drug-likeness (QED) is 0.339. The Morgan fingerprint density at radius 2 is 1.67 bits per heavy atom. The molecular weight excluding hydrogens is 162 g/mol. The molecule has 0 aromatic carbocycles. The number of hydrogen-bond donors (Lipinski definition) is 1. The highest BCUT2D eigenvalue weighted by Crippen LogP contribution is 1.91. The number of rotatable bonds is 6. The third-order valence-electron chi connectivity index (χ3n) is 0.942. The number of hydrogen-bond acceptors (Lipinski definition) is 4. The van der Waals surface area contributed by atoms with Crippen molar-refractivity contribution >= 4 is 0 Å². The van der Waals surface area contributed by atoms with Crippen molar-refractivity contribution < 1.29 is 24.8 Å². The maximum atomic E-state index is 8.36. The Kier molecular flexibility index (Phi) is 8.90. The van der Waals surface area contributed by atoms with Gasteiger partial charge in [0, 0.05) is 0 Å². The van der Waals surface area contributed by atoms with Gasteiger partial charge in [-0.05, 0) is 0 Å². The summed E-state index contributed by atoms with van der Waals surface area (Å²) in [7, 11) is 5.81. The average Bonchev–Trinajstić information content (AvgIpc) is 1.85. The van der Waals surface area contributed by atoms with Crippen LogP contribution < -0.4 is 0 Å². The largest absolute Gasteiger partial charge is 0.870 e. The van der Waals surface area contributed by atoms with Crippen LogP contribution in [0.2, 0.25) is 0 Å². The first-order valence-electron chi connectivity index (χ1n) is 3.71. The van der Waals surface area contributed by atoms with E-state index in [1.807, 2.05) is 21.1 Å². The molecule has 0 saturated heterocycles. The van der Waals surface area contributed by atoms with Crippen molar-refractivity contribution in [3.8, 4) is 0 Å². The van der Waals surface area contributed by atoms with Crippen LogP contribution in [0.3, 0.4) is 0 Å². The van der Waals surface area contributed by atoms with E-state index in [1.54, 1.807) is 0 Å². The fourth-order valence-electron chi connectivity index (χ4n) is 0.537. The highest BCUT2D eigenvalue weighted by atomic mass is 16.7. The lowest BCUT2D eigenvalue weighted by Gasteiger charge is -2.20. The molecule has 12 heavy (non-hydrogen) atoms. The molecule has 0 spiro atoms. The monoisotopic (exact) mass is 181 g/mol. The second-order valence-corrected chi connectivity index (χ2v) is 3.06. The number of aliphatic hydroxyl groups is 1. The molecule has 0 amide bonds. The molecule has 0 aliphatic heterocycles. The van der Waals surface area contributed by atoms with Gasteiger partial charge in [0.25, 0.3) is 0 Å². The second kappa shape index (κ2) is 7.45. The molecule has 0 aliphatic rings. The van der Waals surface area contributed by atoms with Gasteiger partial charge in [-0.3, -0.25) is 0 Å². The Labute approximate surface area is 73.4 Å². The van der Waals surface area contributed by atoms with E-state index in [1.165, 1.54) is 0 Å². The lowest BCUT2D eigenvalue weighted by Crippen LogP contribution is -2.35. The van der Waals surface area contributed by atoms with Gasteiger partial charge in [0.2, 0.25) is 0 Å². The zero-order valence-corrected chi connectivity index (χ0v) is 7.99. The van der Waals surface area contributed by atoms with Crippen LogP contribution in [-0.2, 0) is 9.57 Å². The summed E-state index contributed by atoms with van der Waals surface area (Å²) in [5, 5.41) is 8.36. The number of hydroxylamine groups is 3. The summed E-state index contributed by atoms with van der Waals surface area (Å²) in [5.41, 5.74) is 0. The molecule has 0 heterocycles. The summed E-state index contributed by atoms with van der Waals surface area (Å²) in [6.45, 7) is 1.56. The van der Waals surface area contributed by atoms with Crippen LogP contribution in [0.4, 0.5) is 0 Å².